The van der Waals surface area contributed by atoms with E-state index >= 15 is 0 Å². The van der Waals surface area contributed by atoms with Crippen LogP contribution in [-0.2, 0) is 11.2 Å². The summed E-state index contributed by atoms with van der Waals surface area (Å²) in [7, 11) is 0. The molecule has 1 aliphatic rings. The predicted molar refractivity (Wildman–Crippen MR) is 115 cm³/mol. The molecule has 2 amide bonds. The zero-order valence-corrected chi connectivity index (χ0v) is 16.6. The molecule has 1 unspecified atom stereocenters. The minimum atomic E-state index is -0.552. The van der Waals surface area contributed by atoms with Crippen LogP contribution in [0.2, 0.25) is 0 Å². The van der Waals surface area contributed by atoms with Crippen molar-refractivity contribution in [2.24, 2.45) is 5.73 Å². The molecule has 30 heavy (non-hydrogen) atoms. The van der Waals surface area contributed by atoms with Crippen LogP contribution in [0.4, 0.5) is 0 Å². The number of carbonyl (C=O) groups is 2. The lowest BCUT2D eigenvalue weighted by atomic mass is 10.0. The van der Waals surface area contributed by atoms with Crippen LogP contribution in [0.5, 0.6) is 0 Å². The Labute approximate surface area is 176 Å². The van der Waals surface area contributed by atoms with Crippen LogP contribution in [-0.4, -0.2) is 23.3 Å². The van der Waals surface area contributed by atoms with E-state index < -0.39 is 5.91 Å². The number of nitrogens with two attached hydrogens (primary N) is 1. The molecular weight excluding hydrogens is 374 g/mol. The summed E-state index contributed by atoms with van der Waals surface area (Å²) in [4.78, 5) is 25.9. The van der Waals surface area contributed by atoms with Gasteiger partial charge in [0.1, 0.15) is 6.54 Å². The van der Waals surface area contributed by atoms with Crippen molar-refractivity contribution in [3.8, 4) is 6.07 Å². The fraction of sp³-hybridized carbons (Fsp3) is 0.160. The molecular formula is C25H23N3O2. The average Bonchev–Trinajstić information content (AvgIpc) is 3.22. The molecule has 5 heteroatoms. The number of hydrogen-bond acceptors (Lipinski definition) is 3. The van der Waals surface area contributed by atoms with Gasteiger partial charge in [0.15, 0.2) is 0 Å². The Morgan fingerprint density at radius 2 is 1.57 bits per heavy atom. The largest absolute Gasteiger partial charge is 0.368 e. The maximum Gasteiger partial charge on any atom is 0.254 e. The van der Waals surface area contributed by atoms with Gasteiger partial charge in [-0.05, 0) is 48.2 Å². The second-order valence-electron chi connectivity index (χ2n) is 7.00. The first-order valence-corrected chi connectivity index (χ1v) is 9.77. The third-order valence-corrected chi connectivity index (χ3v) is 4.97. The summed E-state index contributed by atoms with van der Waals surface area (Å²) in [6.45, 7) is -0.144. The van der Waals surface area contributed by atoms with E-state index in [0.29, 0.717) is 11.1 Å². The van der Waals surface area contributed by atoms with Gasteiger partial charge in [-0.3, -0.25) is 9.59 Å². The molecule has 5 nitrogen and oxygen atoms in total. The molecule has 0 saturated carbocycles. The van der Waals surface area contributed by atoms with E-state index in [2.05, 4.69) is 6.07 Å². The van der Waals surface area contributed by atoms with Crippen LogP contribution >= 0.6 is 0 Å². The van der Waals surface area contributed by atoms with Gasteiger partial charge in [-0.25, -0.2) is 0 Å². The van der Waals surface area contributed by atoms with E-state index in [0.717, 1.165) is 24.0 Å². The highest BCUT2D eigenvalue weighted by atomic mass is 16.2. The Morgan fingerprint density at radius 3 is 2.13 bits per heavy atom. The number of primary amides is 1. The number of hydrogen-bond donors (Lipinski definition) is 1. The molecule has 0 spiro atoms. The zero-order chi connectivity index (χ0) is 21.3. The second kappa shape index (κ2) is 10.0. The zero-order valence-electron chi connectivity index (χ0n) is 16.6. The SMILES string of the molecule is N#Cc1ccc2c(c1)C(N(CC(N)=O)C(=O)c1ccccc1)CC2.c1ccccc1. The Hall–Kier alpha value is -3.91. The third kappa shape index (κ3) is 5.12. The van der Waals surface area contributed by atoms with Gasteiger partial charge < -0.3 is 10.6 Å². The van der Waals surface area contributed by atoms with E-state index in [9.17, 15) is 9.59 Å². The molecule has 1 atom stereocenters. The van der Waals surface area contributed by atoms with Crippen molar-refractivity contribution < 1.29 is 9.59 Å². The minimum absolute atomic E-state index is 0.144. The topological polar surface area (TPSA) is 87.2 Å². The molecule has 0 aromatic heterocycles. The van der Waals surface area contributed by atoms with E-state index in [1.54, 1.807) is 36.4 Å². The summed E-state index contributed by atoms with van der Waals surface area (Å²) in [6.07, 6.45) is 1.53. The monoisotopic (exact) mass is 397 g/mol. The number of carbonyl (C=O) groups excluding carboxylic acids is 2. The van der Waals surface area contributed by atoms with Crippen molar-refractivity contribution in [3.63, 3.8) is 0 Å². The summed E-state index contributed by atoms with van der Waals surface area (Å²) in [5, 5.41) is 9.12. The highest BCUT2D eigenvalue weighted by molar-refractivity contribution is 5.96. The van der Waals surface area contributed by atoms with Gasteiger partial charge in [0.25, 0.3) is 5.91 Å². The second-order valence-corrected chi connectivity index (χ2v) is 7.00. The summed E-state index contributed by atoms with van der Waals surface area (Å²) >= 11 is 0. The molecule has 0 saturated heterocycles. The van der Waals surface area contributed by atoms with Crippen LogP contribution < -0.4 is 5.73 Å². The third-order valence-electron chi connectivity index (χ3n) is 4.97. The van der Waals surface area contributed by atoms with Crippen LogP contribution in [0.15, 0.2) is 84.9 Å². The number of benzene rings is 3. The first-order chi connectivity index (χ1) is 14.6. The van der Waals surface area contributed by atoms with Crippen LogP contribution in [0.25, 0.3) is 0 Å². The maximum atomic E-state index is 12.9. The summed E-state index contributed by atoms with van der Waals surface area (Å²) in [5.74, 6) is -0.779. The minimum Gasteiger partial charge on any atom is -0.368 e. The predicted octanol–water partition coefficient (Wildman–Crippen LogP) is 3.86. The van der Waals surface area contributed by atoms with Gasteiger partial charge in [-0.1, -0.05) is 60.7 Å². The Bertz CT molecular complexity index is 1020. The van der Waals surface area contributed by atoms with E-state index in [1.165, 1.54) is 4.90 Å². The normalized spacial score (nSPS) is 13.9. The number of fused-ring (bicyclic) bond motifs is 1. The highest BCUT2D eigenvalue weighted by Gasteiger charge is 2.32. The van der Waals surface area contributed by atoms with Gasteiger partial charge in [0, 0.05) is 5.56 Å². The Morgan fingerprint density at radius 1 is 0.967 bits per heavy atom. The first-order valence-electron chi connectivity index (χ1n) is 9.77. The molecule has 3 aromatic carbocycles. The van der Waals surface area contributed by atoms with E-state index in [-0.39, 0.29) is 18.5 Å². The average molecular weight is 397 g/mol. The van der Waals surface area contributed by atoms with Crippen molar-refractivity contribution >= 4 is 11.8 Å². The fourth-order valence-corrected chi connectivity index (χ4v) is 3.60. The number of rotatable bonds is 4. The lowest BCUT2D eigenvalue weighted by molar-refractivity contribution is -0.119. The van der Waals surface area contributed by atoms with Crippen LogP contribution in [0.1, 0.15) is 39.5 Å². The van der Waals surface area contributed by atoms with Crippen molar-refractivity contribution in [1.29, 1.82) is 5.26 Å². The van der Waals surface area contributed by atoms with Crippen molar-refractivity contribution in [2.75, 3.05) is 6.54 Å². The van der Waals surface area contributed by atoms with Crippen molar-refractivity contribution in [3.05, 3.63) is 107 Å². The van der Waals surface area contributed by atoms with Gasteiger partial charge in [0.2, 0.25) is 5.91 Å². The van der Waals surface area contributed by atoms with E-state index in [1.807, 2.05) is 48.5 Å². The molecule has 1 aliphatic carbocycles. The molecule has 4 rings (SSSR count). The van der Waals surface area contributed by atoms with Gasteiger partial charge in [0.05, 0.1) is 17.7 Å². The maximum absolute atomic E-state index is 12.9. The molecule has 3 aromatic rings. The van der Waals surface area contributed by atoms with Crippen molar-refractivity contribution in [2.45, 2.75) is 18.9 Å². The molecule has 0 aliphatic heterocycles. The highest BCUT2D eigenvalue weighted by Crippen LogP contribution is 2.37. The molecule has 2 N–H and O–H groups in total. The molecule has 0 bridgehead atoms. The van der Waals surface area contributed by atoms with Crippen LogP contribution in [0, 0.1) is 11.3 Å². The van der Waals surface area contributed by atoms with Crippen molar-refractivity contribution in [1.82, 2.24) is 4.90 Å². The number of nitrogens with zero attached hydrogens (tertiary/aromatic N) is 2. The Balaban J connectivity index is 0.000000367. The quantitative estimate of drug-likeness (QED) is 0.725. The lowest BCUT2D eigenvalue weighted by Gasteiger charge is -2.29. The van der Waals surface area contributed by atoms with Gasteiger partial charge in [-0.2, -0.15) is 5.26 Å². The smallest absolute Gasteiger partial charge is 0.254 e. The number of amides is 2. The standard InChI is InChI=1S/C19H17N3O2.C6H6/c20-11-13-6-7-14-8-9-17(16(14)10-13)22(12-18(21)23)19(24)15-4-2-1-3-5-15;1-2-4-6-5-3-1/h1-7,10,17H,8-9,12H2,(H2,21,23);1-6H. The summed E-state index contributed by atoms with van der Waals surface area (Å²) in [5.41, 5.74) is 8.47. The van der Waals surface area contributed by atoms with Gasteiger partial charge in [-0.15, -0.1) is 0 Å². The number of aryl methyl sites for hydroxylation is 1. The molecule has 150 valence electrons. The lowest BCUT2D eigenvalue weighted by Crippen LogP contribution is -2.40. The van der Waals surface area contributed by atoms with E-state index in [4.69, 9.17) is 11.0 Å². The molecule has 0 fully saturated rings. The Kier molecular flexibility index (Phi) is 6.96. The molecule has 0 radical (unpaired) electrons. The van der Waals surface area contributed by atoms with Crippen LogP contribution in [0.3, 0.4) is 0 Å². The molecule has 0 heterocycles. The fourth-order valence-electron chi connectivity index (χ4n) is 3.60. The first kappa shape index (κ1) is 20.8. The number of nitriles is 1. The van der Waals surface area contributed by atoms with Gasteiger partial charge >= 0.3 is 0 Å². The summed E-state index contributed by atoms with van der Waals surface area (Å²) in [6, 6.07) is 28.2. The summed E-state index contributed by atoms with van der Waals surface area (Å²) < 4.78 is 0.